The molecule has 5 aliphatic rings. The van der Waals surface area contributed by atoms with E-state index >= 15 is 0 Å². The first kappa shape index (κ1) is 24.7. The van der Waals surface area contributed by atoms with E-state index in [1.165, 1.54) is 31.3 Å². The van der Waals surface area contributed by atoms with Gasteiger partial charge in [0.2, 0.25) is 0 Å². The van der Waals surface area contributed by atoms with Crippen molar-refractivity contribution in [3.8, 4) is 0 Å². The molecule has 5 rings (SSSR count). The average molecular weight is 484 g/mol. The summed E-state index contributed by atoms with van der Waals surface area (Å²) in [5, 5.41) is 10.1. The highest BCUT2D eigenvalue weighted by Crippen LogP contribution is 2.66. The van der Waals surface area contributed by atoms with Crippen molar-refractivity contribution in [2.24, 2.45) is 39.7 Å². The maximum Gasteiger partial charge on any atom is 0.433 e. The van der Waals surface area contributed by atoms with Crippen molar-refractivity contribution < 1.29 is 19.2 Å². The normalized spacial score (nSPS) is 41.1. The van der Waals surface area contributed by atoms with Crippen LogP contribution < -0.4 is 10.6 Å². The van der Waals surface area contributed by atoms with Crippen molar-refractivity contribution in [3.63, 3.8) is 0 Å². The molecule has 0 aromatic rings. The standard InChI is InChI=1S/C28H41N3O4/c1-17(31-35-26(34)30-14-10-24-25(33)11-15-29-24)21-6-7-22-20-5-4-18-16-19(32)8-12-27(18,2)23(20)9-13-28(21,22)3/h16,20-24,29H,4-15H2,1-3H3,(H,30,34)/b31-17+/t20-,21+,22-,23-,24?,27-,28+/m0/s1. The zero-order valence-electron chi connectivity index (χ0n) is 21.5. The van der Waals surface area contributed by atoms with Gasteiger partial charge < -0.3 is 10.6 Å². The lowest BCUT2D eigenvalue weighted by Gasteiger charge is -2.58. The van der Waals surface area contributed by atoms with Crippen molar-refractivity contribution >= 4 is 23.4 Å². The molecule has 1 saturated heterocycles. The number of hydrogen-bond acceptors (Lipinski definition) is 6. The Morgan fingerprint density at radius 3 is 2.71 bits per heavy atom. The SMILES string of the molecule is C/C(=N\OC(=O)NCCC1NCCC1=O)[C@H]1CC[C@H]2[C@@H]3CCC4=CC(=O)CC[C@]4(C)[C@H]3CC[C@]12C. The first-order valence-corrected chi connectivity index (χ1v) is 13.7. The first-order valence-electron chi connectivity index (χ1n) is 13.7. The lowest BCUT2D eigenvalue weighted by molar-refractivity contribution is -0.119. The van der Waals surface area contributed by atoms with Crippen LogP contribution in [0.5, 0.6) is 0 Å². The predicted octanol–water partition coefficient (Wildman–Crippen LogP) is 4.56. The molecular formula is C28H41N3O4. The molecule has 4 aliphatic carbocycles. The summed E-state index contributed by atoms with van der Waals surface area (Å²) in [6.07, 6.45) is 11.2. The van der Waals surface area contributed by atoms with Crippen molar-refractivity contribution in [1.82, 2.24) is 10.6 Å². The fraction of sp³-hybridized carbons (Fsp3) is 0.786. The van der Waals surface area contributed by atoms with E-state index in [1.54, 1.807) is 0 Å². The van der Waals surface area contributed by atoms with E-state index in [2.05, 4.69) is 29.6 Å². The van der Waals surface area contributed by atoms with Crippen molar-refractivity contribution in [2.75, 3.05) is 13.1 Å². The van der Waals surface area contributed by atoms with Gasteiger partial charge in [-0.15, -0.1) is 0 Å². The lowest BCUT2D eigenvalue weighted by Crippen LogP contribution is -2.51. The Labute approximate surface area is 208 Å². The fourth-order valence-corrected chi connectivity index (χ4v) is 8.69. The minimum absolute atomic E-state index is 0.159. The number of fused-ring (bicyclic) bond motifs is 5. The highest BCUT2D eigenvalue weighted by Gasteiger charge is 2.59. The smallest absolute Gasteiger partial charge is 0.320 e. The molecule has 0 aromatic carbocycles. The molecule has 7 atom stereocenters. The number of nitrogens with zero attached hydrogens (tertiary/aromatic N) is 1. The third-order valence-electron chi connectivity index (χ3n) is 10.6. The molecule has 3 saturated carbocycles. The number of hydrogen-bond donors (Lipinski definition) is 2. The second-order valence-corrected chi connectivity index (χ2v) is 12.2. The van der Waals surface area contributed by atoms with Crippen molar-refractivity contribution in [3.05, 3.63) is 11.6 Å². The molecule has 7 heteroatoms. The molecule has 7 nitrogen and oxygen atoms in total. The van der Waals surface area contributed by atoms with Gasteiger partial charge in [-0.05, 0) is 93.0 Å². The van der Waals surface area contributed by atoms with Gasteiger partial charge in [-0.25, -0.2) is 4.79 Å². The number of allylic oxidation sites excluding steroid dienone is 1. The minimum Gasteiger partial charge on any atom is -0.320 e. The summed E-state index contributed by atoms with van der Waals surface area (Å²) >= 11 is 0. The topological polar surface area (TPSA) is 96.9 Å². The molecule has 1 unspecified atom stereocenters. The van der Waals surface area contributed by atoms with Gasteiger partial charge in [0.25, 0.3) is 0 Å². The summed E-state index contributed by atoms with van der Waals surface area (Å²) in [5.74, 6) is 2.91. The van der Waals surface area contributed by atoms with E-state index in [-0.39, 0.29) is 22.7 Å². The third-order valence-corrected chi connectivity index (χ3v) is 10.6. The third kappa shape index (κ3) is 4.38. The van der Waals surface area contributed by atoms with Gasteiger partial charge in [-0.1, -0.05) is 24.6 Å². The molecule has 0 spiro atoms. The Morgan fingerprint density at radius 1 is 1.11 bits per heavy atom. The van der Waals surface area contributed by atoms with Crippen molar-refractivity contribution in [2.45, 2.75) is 91.0 Å². The number of ketones is 2. The number of oxime groups is 1. The van der Waals surface area contributed by atoms with Crippen LogP contribution in [0.25, 0.3) is 0 Å². The quantitative estimate of drug-likeness (QED) is 0.340. The summed E-state index contributed by atoms with van der Waals surface area (Å²) in [7, 11) is 0. The summed E-state index contributed by atoms with van der Waals surface area (Å²) < 4.78 is 0. The van der Waals surface area contributed by atoms with Crippen molar-refractivity contribution in [1.29, 1.82) is 0 Å². The van der Waals surface area contributed by atoms with Crippen LogP contribution in [0.4, 0.5) is 4.79 Å². The van der Waals surface area contributed by atoms with Gasteiger partial charge in [0.05, 0.1) is 11.8 Å². The fourth-order valence-electron chi connectivity index (χ4n) is 8.69. The number of Topliss-reactive ketones (excluding diaryl/α,β-unsaturated/α-hetero) is 1. The van der Waals surface area contributed by atoms with Gasteiger partial charge >= 0.3 is 6.09 Å². The van der Waals surface area contributed by atoms with E-state index in [0.717, 1.165) is 31.5 Å². The van der Waals surface area contributed by atoms with E-state index < -0.39 is 6.09 Å². The van der Waals surface area contributed by atoms with Crippen LogP contribution in [0, 0.1) is 34.5 Å². The van der Waals surface area contributed by atoms with Gasteiger partial charge in [-0.3, -0.25) is 14.4 Å². The highest BCUT2D eigenvalue weighted by molar-refractivity contribution is 5.91. The maximum atomic E-state index is 12.2. The monoisotopic (exact) mass is 483 g/mol. The second kappa shape index (κ2) is 9.45. The van der Waals surface area contributed by atoms with Gasteiger partial charge in [-0.2, -0.15) is 0 Å². The van der Waals surface area contributed by atoms with Crippen LogP contribution in [0.1, 0.15) is 85.0 Å². The number of carbonyl (C=O) groups is 3. The number of rotatable bonds is 5. The van der Waals surface area contributed by atoms with Gasteiger partial charge in [0.15, 0.2) is 11.6 Å². The molecular weight excluding hydrogens is 442 g/mol. The largest absolute Gasteiger partial charge is 0.433 e. The van der Waals surface area contributed by atoms with E-state index in [0.29, 0.717) is 55.3 Å². The molecule has 1 heterocycles. The molecule has 1 aliphatic heterocycles. The molecule has 0 radical (unpaired) electrons. The van der Waals surface area contributed by atoms with Crippen LogP contribution >= 0.6 is 0 Å². The number of carbonyl (C=O) groups excluding carboxylic acids is 3. The highest BCUT2D eigenvalue weighted by atomic mass is 16.7. The Kier molecular flexibility index (Phi) is 6.66. The molecule has 35 heavy (non-hydrogen) atoms. The van der Waals surface area contributed by atoms with Gasteiger partial charge in [0.1, 0.15) is 0 Å². The molecule has 2 N–H and O–H groups in total. The molecule has 4 fully saturated rings. The maximum absolute atomic E-state index is 12.2. The number of amides is 1. The summed E-state index contributed by atoms with van der Waals surface area (Å²) in [5.41, 5.74) is 2.71. The summed E-state index contributed by atoms with van der Waals surface area (Å²) in [4.78, 5) is 41.2. The lowest BCUT2D eigenvalue weighted by atomic mass is 9.46. The van der Waals surface area contributed by atoms with Crippen LogP contribution in [0.3, 0.4) is 0 Å². The zero-order chi connectivity index (χ0) is 24.8. The Bertz CT molecular complexity index is 958. The molecule has 192 valence electrons. The van der Waals surface area contributed by atoms with E-state index in [1.807, 2.05) is 13.0 Å². The Hall–Kier alpha value is -2.02. The van der Waals surface area contributed by atoms with E-state index in [9.17, 15) is 14.4 Å². The summed E-state index contributed by atoms with van der Waals surface area (Å²) in [6, 6.07) is -0.159. The molecule has 0 aromatic heterocycles. The number of nitrogens with one attached hydrogen (secondary N) is 2. The average Bonchev–Trinajstić information content (AvgIpc) is 3.40. The van der Waals surface area contributed by atoms with Crippen LogP contribution in [-0.4, -0.2) is 42.5 Å². The second-order valence-electron chi connectivity index (χ2n) is 12.2. The Morgan fingerprint density at radius 2 is 1.94 bits per heavy atom. The van der Waals surface area contributed by atoms with E-state index in [4.69, 9.17) is 4.84 Å². The Balaban J connectivity index is 1.19. The summed E-state index contributed by atoms with van der Waals surface area (Å²) in [6.45, 7) is 7.98. The van der Waals surface area contributed by atoms with Crippen LogP contribution in [0.15, 0.2) is 16.8 Å². The molecule has 0 bridgehead atoms. The molecule has 1 amide bonds. The predicted molar refractivity (Wildman–Crippen MR) is 134 cm³/mol. The van der Waals surface area contributed by atoms with Gasteiger partial charge in [0, 0.05) is 31.8 Å². The van der Waals surface area contributed by atoms with Crippen LogP contribution in [0.2, 0.25) is 0 Å². The first-order chi connectivity index (χ1) is 16.7. The minimum atomic E-state index is -0.551. The van der Waals surface area contributed by atoms with Crippen LogP contribution in [-0.2, 0) is 14.4 Å². The zero-order valence-corrected chi connectivity index (χ0v) is 21.5.